The van der Waals surface area contributed by atoms with Crippen LogP contribution >= 0.6 is 11.8 Å². The first kappa shape index (κ1) is 20.4. The molecule has 0 aromatic heterocycles. The van der Waals surface area contributed by atoms with Gasteiger partial charge in [0.15, 0.2) is 12.4 Å². The molecule has 4 saturated carbocycles. The summed E-state index contributed by atoms with van der Waals surface area (Å²) in [5.41, 5.74) is 0.248. The van der Waals surface area contributed by atoms with Crippen LogP contribution < -0.4 is 5.32 Å². The minimum absolute atomic E-state index is 0.0188. The highest BCUT2D eigenvalue weighted by molar-refractivity contribution is 8.00. The van der Waals surface area contributed by atoms with Crippen molar-refractivity contribution >= 4 is 35.1 Å². The van der Waals surface area contributed by atoms with E-state index in [1.54, 1.807) is 0 Å². The number of carbonyl (C=O) groups is 3. The zero-order chi connectivity index (χ0) is 20.4. The molecule has 1 aromatic rings. The predicted octanol–water partition coefficient (Wildman–Crippen LogP) is 3.83. The first-order valence-electron chi connectivity index (χ1n) is 10.2. The van der Waals surface area contributed by atoms with Gasteiger partial charge in [-0.1, -0.05) is 0 Å². The second-order valence-electron chi connectivity index (χ2n) is 8.83. The van der Waals surface area contributed by atoms with Crippen molar-refractivity contribution in [2.24, 2.45) is 23.2 Å². The van der Waals surface area contributed by atoms with Crippen molar-refractivity contribution in [1.82, 2.24) is 0 Å². The van der Waals surface area contributed by atoms with Crippen molar-refractivity contribution in [3.05, 3.63) is 30.1 Å². The van der Waals surface area contributed by atoms with Crippen LogP contribution in [0.1, 0.15) is 38.5 Å². The SMILES string of the molecule is O=C(CSCC(=O)OCC(=O)C12CC3CC(CC(C3)C1)C2)Nc1ccc(F)cc1. The summed E-state index contributed by atoms with van der Waals surface area (Å²) in [7, 11) is 0. The maximum absolute atomic E-state index is 12.9. The minimum Gasteiger partial charge on any atom is -0.457 e. The van der Waals surface area contributed by atoms with E-state index in [0.717, 1.165) is 31.0 Å². The molecular formula is C22H26FNO4S. The number of halogens is 1. The van der Waals surface area contributed by atoms with Gasteiger partial charge >= 0.3 is 5.97 Å². The number of Topliss-reactive ketones (excluding diaryl/α,β-unsaturated/α-hetero) is 1. The lowest BCUT2D eigenvalue weighted by atomic mass is 9.48. The summed E-state index contributed by atoms with van der Waals surface area (Å²) >= 11 is 1.13. The second kappa shape index (κ2) is 8.46. The normalized spacial score (nSPS) is 29.5. The van der Waals surface area contributed by atoms with Crippen LogP contribution in [-0.4, -0.2) is 35.8 Å². The van der Waals surface area contributed by atoms with Crippen LogP contribution in [0.15, 0.2) is 24.3 Å². The Morgan fingerprint density at radius 3 is 2.17 bits per heavy atom. The van der Waals surface area contributed by atoms with Gasteiger partial charge in [-0.05, 0) is 80.5 Å². The highest BCUT2D eigenvalue weighted by Gasteiger charge is 2.54. The summed E-state index contributed by atoms with van der Waals surface area (Å²) < 4.78 is 18.1. The Kier molecular flexibility index (Phi) is 5.95. The number of ketones is 1. The van der Waals surface area contributed by atoms with Crippen LogP contribution in [0, 0.1) is 29.0 Å². The summed E-state index contributed by atoms with van der Waals surface area (Å²) in [6, 6.07) is 5.48. The van der Waals surface area contributed by atoms with Gasteiger partial charge in [0.1, 0.15) is 5.82 Å². The molecule has 0 saturated heterocycles. The molecule has 0 atom stereocenters. The average Bonchev–Trinajstić information content (AvgIpc) is 2.67. The summed E-state index contributed by atoms with van der Waals surface area (Å²) in [6.45, 7) is -0.146. The molecule has 7 heteroatoms. The third-order valence-electron chi connectivity index (χ3n) is 6.58. The number of esters is 1. The molecule has 0 heterocycles. The van der Waals surface area contributed by atoms with E-state index in [4.69, 9.17) is 4.74 Å². The van der Waals surface area contributed by atoms with Crippen molar-refractivity contribution in [3.8, 4) is 0 Å². The van der Waals surface area contributed by atoms with E-state index < -0.39 is 5.97 Å². The molecule has 156 valence electrons. The van der Waals surface area contributed by atoms with Gasteiger partial charge in [-0.25, -0.2) is 4.39 Å². The summed E-state index contributed by atoms with van der Waals surface area (Å²) in [5.74, 6) is 1.09. The molecule has 0 radical (unpaired) electrons. The number of benzene rings is 1. The fraction of sp³-hybridized carbons (Fsp3) is 0.591. The Bertz CT molecular complexity index is 759. The third-order valence-corrected chi connectivity index (χ3v) is 7.48. The predicted molar refractivity (Wildman–Crippen MR) is 109 cm³/mol. The smallest absolute Gasteiger partial charge is 0.316 e. The Morgan fingerprint density at radius 1 is 1.00 bits per heavy atom. The number of thioether (sulfide) groups is 1. The molecule has 4 bridgehead atoms. The fourth-order valence-electron chi connectivity index (χ4n) is 5.75. The van der Waals surface area contributed by atoms with Crippen LogP contribution in [0.25, 0.3) is 0 Å². The molecule has 5 nitrogen and oxygen atoms in total. The van der Waals surface area contributed by atoms with Crippen LogP contribution in [0.3, 0.4) is 0 Å². The first-order valence-corrected chi connectivity index (χ1v) is 11.4. The van der Waals surface area contributed by atoms with Gasteiger partial charge in [0.2, 0.25) is 5.91 Å². The van der Waals surface area contributed by atoms with Crippen molar-refractivity contribution in [2.75, 3.05) is 23.4 Å². The number of hydrogen-bond acceptors (Lipinski definition) is 5. The molecule has 0 spiro atoms. The van der Waals surface area contributed by atoms with E-state index in [-0.39, 0.29) is 41.0 Å². The summed E-state index contributed by atoms with van der Waals surface area (Å²) in [5, 5.41) is 2.63. The number of nitrogens with one attached hydrogen (secondary N) is 1. The van der Waals surface area contributed by atoms with Gasteiger partial charge in [0.05, 0.1) is 11.5 Å². The van der Waals surface area contributed by atoms with Gasteiger partial charge in [-0.3, -0.25) is 14.4 Å². The average molecular weight is 420 g/mol. The van der Waals surface area contributed by atoms with Crippen molar-refractivity contribution < 1.29 is 23.5 Å². The maximum Gasteiger partial charge on any atom is 0.316 e. The molecule has 0 aliphatic heterocycles. The lowest BCUT2D eigenvalue weighted by Gasteiger charge is -2.55. The highest BCUT2D eigenvalue weighted by Crippen LogP contribution is 2.60. The van der Waals surface area contributed by atoms with E-state index >= 15 is 0 Å². The van der Waals surface area contributed by atoms with Crippen LogP contribution in [0.2, 0.25) is 0 Å². The standard InChI is InChI=1S/C22H26FNO4S/c23-17-1-3-18(4-2-17)24-20(26)12-29-13-21(27)28-11-19(25)22-8-14-5-15(9-22)7-16(6-14)10-22/h1-4,14-16H,5-13H2,(H,24,26). The number of rotatable bonds is 8. The number of ether oxygens (including phenoxy) is 1. The molecule has 1 aromatic carbocycles. The van der Waals surface area contributed by atoms with Crippen molar-refractivity contribution in [3.63, 3.8) is 0 Å². The molecular weight excluding hydrogens is 393 g/mol. The van der Waals surface area contributed by atoms with Gasteiger partial charge in [-0.2, -0.15) is 0 Å². The molecule has 0 unspecified atom stereocenters. The van der Waals surface area contributed by atoms with Crippen LogP contribution in [0.5, 0.6) is 0 Å². The molecule has 4 fully saturated rings. The zero-order valence-corrected chi connectivity index (χ0v) is 17.1. The van der Waals surface area contributed by atoms with Gasteiger partial charge in [-0.15, -0.1) is 11.8 Å². The van der Waals surface area contributed by atoms with Crippen molar-refractivity contribution in [1.29, 1.82) is 0 Å². The number of amides is 1. The lowest BCUT2D eigenvalue weighted by Crippen LogP contribution is -2.51. The lowest BCUT2D eigenvalue weighted by molar-refractivity contribution is -0.156. The molecule has 4 aliphatic rings. The summed E-state index contributed by atoms with van der Waals surface area (Å²) in [4.78, 5) is 36.7. The third kappa shape index (κ3) is 4.82. The topological polar surface area (TPSA) is 72.5 Å². The van der Waals surface area contributed by atoms with Crippen LogP contribution in [0.4, 0.5) is 10.1 Å². The monoisotopic (exact) mass is 419 g/mol. The van der Waals surface area contributed by atoms with E-state index in [1.807, 2.05) is 0 Å². The zero-order valence-electron chi connectivity index (χ0n) is 16.3. The van der Waals surface area contributed by atoms with Gasteiger partial charge < -0.3 is 10.1 Å². The molecule has 29 heavy (non-hydrogen) atoms. The minimum atomic E-state index is -0.470. The quantitative estimate of drug-likeness (QED) is 0.649. The maximum atomic E-state index is 12.9. The Morgan fingerprint density at radius 2 is 1.59 bits per heavy atom. The number of hydrogen-bond donors (Lipinski definition) is 1. The number of anilines is 1. The molecule has 1 N–H and O–H groups in total. The second-order valence-corrected chi connectivity index (χ2v) is 9.82. The Balaban J connectivity index is 1.16. The van der Waals surface area contributed by atoms with Gasteiger partial charge in [0, 0.05) is 11.1 Å². The van der Waals surface area contributed by atoms with E-state index in [9.17, 15) is 18.8 Å². The Labute approximate surface area is 174 Å². The molecule has 1 amide bonds. The van der Waals surface area contributed by atoms with E-state index in [2.05, 4.69) is 5.32 Å². The van der Waals surface area contributed by atoms with E-state index in [0.29, 0.717) is 23.4 Å². The summed E-state index contributed by atoms with van der Waals surface area (Å²) in [6.07, 6.45) is 6.70. The largest absolute Gasteiger partial charge is 0.457 e. The van der Waals surface area contributed by atoms with Crippen molar-refractivity contribution in [2.45, 2.75) is 38.5 Å². The number of carbonyl (C=O) groups excluding carboxylic acids is 3. The fourth-order valence-corrected chi connectivity index (χ4v) is 6.36. The molecule has 4 aliphatic carbocycles. The molecule has 5 rings (SSSR count). The van der Waals surface area contributed by atoms with Gasteiger partial charge in [0.25, 0.3) is 0 Å². The van der Waals surface area contributed by atoms with E-state index in [1.165, 1.54) is 43.5 Å². The first-order chi connectivity index (χ1) is 13.9. The highest BCUT2D eigenvalue weighted by atomic mass is 32.2. The Hall–Kier alpha value is -1.89. The van der Waals surface area contributed by atoms with Crippen LogP contribution in [-0.2, 0) is 19.1 Å².